The van der Waals surface area contributed by atoms with Crippen LogP contribution in [0.2, 0.25) is 0 Å². The van der Waals surface area contributed by atoms with E-state index in [9.17, 15) is 9.59 Å². The van der Waals surface area contributed by atoms with Gasteiger partial charge in [-0.1, -0.05) is 30.3 Å². The van der Waals surface area contributed by atoms with Crippen molar-refractivity contribution >= 4 is 11.9 Å². The van der Waals surface area contributed by atoms with Gasteiger partial charge in [-0.3, -0.25) is 4.90 Å². The van der Waals surface area contributed by atoms with E-state index in [1.54, 1.807) is 0 Å². The molecule has 0 aromatic heterocycles. The van der Waals surface area contributed by atoms with Crippen LogP contribution in [0.25, 0.3) is 0 Å². The summed E-state index contributed by atoms with van der Waals surface area (Å²) in [5.41, 5.74) is 2.03. The lowest BCUT2D eigenvalue weighted by Gasteiger charge is -2.28. The van der Waals surface area contributed by atoms with Crippen molar-refractivity contribution in [2.24, 2.45) is 0 Å². The zero-order valence-electron chi connectivity index (χ0n) is 9.98. The van der Waals surface area contributed by atoms with Crippen LogP contribution in [0.3, 0.4) is 0 Å². The van der Waals surface area contributed by atoms with Gasteiger partial charge in [0.15, 0.2) is 0 Å². The Morgan fingerprint density at radius 2 is 1.67 bits per heavy atom. The van der Waals surface area contributed by atoms with Crippen LogP contribution < -0.4 is 5.32 Å². The number of rotatable bonds is 3. The SMILES string of the molecule is O=C=C1CN(CCc2ccccc2)CC(=C=O)N1. The molecule has 4 nitrogen and oxygen atoms in total. The third-order valence-corrected chi connectivity index (χ3v) is 2.87. The molecule has 1 saturated heterocycles. The van der Waals surface area contributed by atoms with Crippen molar-refractivity contribution in [2.45, 2.75) is 6.42 Å². The molecule has 0 spiro atoms. The molecule has 1 aromatic rings. The summed E-state index contributed by atoms with van der Waals surface area (Å²) in [6.45, 7) is 1.80. The van der Waals surface area contributed by atoms with Gasteiger partial charge in [-0.25, -0.2) is 9.59 Å². The number of hydrogen-bond acceptors (Lipinski definition) is 4. The van der Waals surface area contributed by atoms with Crippen LogP contribution >= 0.6 is 0 Å². The maximum atomic E-state index is 10.6. The van der Waals surface area contributed by atoms with Crippen molar-refractivity contribution in [2.75, 3.05) is 19.6 Å². The molecule has 1 fully saturated rings. The van der Waals surface area contributed by atoms with Gasteiger partial charge in [0.1, 0.15) is 23.3 Å². The fourth-order valence-corrected chi connectivity index (χ4v) is 1.97. The van der Waals surface area contributed by atoms with Crippen LogP contribution in [-0.4, -0.2) is 36.4 Å². The van der Waals surface area contributed by atoms with Crippen molar-refractivity contribution in [1.82, 2.24) is 10.2 Å². The summed E-state index contributed by atoms with van der Waals surface area (Å²) in [6.07, 6.45) is 0.888. The Labute approximate surface area is 106 Å². The van der Waals surface area contributed by atoms with Crippen molar-refractivity contribution in [3.05, 3.63) is 47.3 Å². The van der Waals surface area contributed by atoms with Gasteiger partial charge in [0, 0.05) is 19.6 Å². The fraction of sp³-hybridized carbons (Fsp3) is 0.286. The molecule has 18 heavy (non-hydrogen) atoms. The molecule has 0 radical (unpaired) electrons. The normalized spacial score (nSPS) is 15.8. The third kappa shape index (κ3) is 3.19. The lowest BCUT2D eigenvalue weighted by atomic mass is 10.1. The molecule has 2 rings (SSSR count). The van der Waals surface area contributed by atoms with Crippen molar-refractivity contribution in [3.63, 3.8) is 0 Å². The molecule has 1 aliphatic rings. The van der Waals surface area contributed by atoms with Gasteiger partial charge in [-0.05, 0) is 12.0 Å². The standard InChI is InChI=1S/C14H14N2O2/c17-10-13-8-16(9-14(11-18)15-13)7-6-12-4-2-1-3-5-12/h1-5,15H,6-9H2. The minimum Gasteiger partial charge on any atom is -0.342 e. The van der Waals surface area contributed by atoms with E-state index in [-0.39, 0.29) is 0 Å². The summed E-state index contributed by atoms with van der Waals surface area (Å²) >= 11 is 0. The van der Waals surface area contributed by atoms with Crippen LogP contribution in [0.5, 0.6) is 0 Å². The molecular weight excluding hydrogens is 228 g/mol. The molecule has 0 aliphatic carbocycles. The van der Waals surface area contributed by atoms with Crippen molar-refractivity contribution in [1.29, 1.82) is 0 Å². The third-order valence-electron chi connectivity index (χ3n) is 2.87. The molecule has 0 bridgehead atoms. The number of piperazine rings is 1. The summed E-state index contributed by atoms with van der Waals surface area (Å²) in [5.74, 6) is 3.62. The summed E-state index contributed by atoms with van der Waals surface area (Å²) in [7, 11) is 0. The Morgan fingerprint density at radius 3 is 2.22 bits per heavy atom. The van der Waals surface area contributed by atoms with E-state index in [2.05, 4.69) is 17.4 Å². The number of hydrogen-bond donors (Lipinski definition) is 1. The maximum Gasteiger partial charge on any atom is 0.147 e. The molecule has 0 atom stereocenters. The van der Waals surface area contributed by atoms with E-state index in [0.29, 0.717) is 24.5 Å². The summed E-state index contributed by atoms with van der Waals surface area (Å²) in [5, 5.41) is 2.73. The molecule has 0 amide bonds. The highest BCUT2D eigenvalue weighted by Gasteiger charge is 2.18. The van der Waals surface area contributed by atoms with E-state index in [1.165, 1.54) is 5.56 Å². The summed E-state index contributed by atoms with van der Waals surface area (Å²) in [4.78, 5) is 23.3. The first kappa shape index (κ1) is 12.3. The van der Waals surface area contributed by atoms with Gasteiger partial charge < -0.3 is 5.32 Å². The average Bonchev–Trinajstić information content (AvgIpc) is 2.45. The minimum absolute atomic E-state index is 0.396. The molecule has 1 heterocycles. The zero-order chi connectivity index (χ0) is 12.8. The highest BCUT2D eigenvalue weighted by molar-refractivity contribution is 5.59. The predicted octanol–water partition coefficient (Wildman–Crippen LogP) is 0.565. The van der Waals surface area contributed by atoms with Gasteiger partial charge in [-0.2, -0.15) is 0 Å². The second-order valence-corrected chi connectivity index (χ2v) is 4.23. The van der Waals surface area contributed by atoms with E-state index in [0.717, 1.165) is 13.0 Å². The number of carbonyl (C=O) groups excluding carboxylic acids is 2. The number of nitrogens with zero attached hydrogens (tertiary/aromatic N) is 1. The number of benzene rings is 1. The molecule has 92 valence electrons. The van der Waals surface area contributed by atoms with E-state index in [1.807, 2.05) is 35.0 Å². The van der Waals surface area contributed by atoms with Gasteiger partial charge >= 0.3 is 0 Å². The molecule has 1 aliphatic heterocycles. The highest BCUT2D eigenvalue weighted by atomic mass is 16.1. The Morgan fingerprint density at radius 1 is 1.06 bits per heavy atom. The molecule has 0 unspecified atom stereocenters. The monoisotopic (exact) mass is 242 g/mol. The summed E-state index contributed by atoms with van der Waals surface area (Å²) < 4.78 is 0. The van der Waals surface area contributed by atoms with Crippen LogP contribution in [0.4, 0.5) is 0 Å². The molecule has 4 heteroatoms. The second kappa shape index (κ2) is 5.99. The quantitative estimate of drug-likeness (QED) is 0.787. The van der Waals surface area contributed by atoms with Crippen molar-refractivity contribution in [3.8, 4) is 0 Å². The van der Waals surface area contributed by atoms with Gasteiger partial charge in [0.25, 0.3) is 0 Å². The zero-order valence-corrected chi connectivity index (χ0v) is 9.98. The first-order valence-electron chi connectivity index (χ1n) is 5.83. The van der Waals surface area contributed by atoms with Crippen LogP contribution in [-0.2, 0) is 16.0 Å². The molecular formula is C14H14N2O2. The summed E-state index contributed by atoms with van der Waals surface area (Å²) in [6, 6.07) is 10.1. The van der Waals surface area contributed by atoms with E-state index in [4.69, 9.17) is 0 Å². The Bertz CT molecular complexity index is 486. The first-order valence-corrected chi connectivity index (χ1v) is 5.83. The smallest absolute Gasteiger partial charge is 0.147 e. The minimum atomic E-state index is 0.396. The molecule has 0 saturated carbocycles. The van der Waals surface area contributed by atoms with Crippen LogP contribution in [0, 0.1) is 0 Å². The Hall–Kier alpha value is -2.12. The maximum absolute atomic E-state index is 10.6. The average molecular weight is 242 g/mol. The van der Waals surface area contributed by atoms with Gasteiger partial charge in [0.2, 0.25) is 0 Å². The molecule has 1 aromatic carbocycles. The Kier molecular flexibility index (Phi) is 4.11. The fourth-order valence-electron chi connectivity index (χ4n) is 1.97. The van der Waals surface area contributed by atoms with Crippen LogP contribution in [0.1, 0.15) is 5.56 Å². The van der Waals surface area contributed by atoms with E-state index >= 15 is 0 Å². The largest absolute Gasteiger partial charge is 0.342 e. The van der Waals surface area contributed by atoms with Crippen molar-refractivity contribution < 1.29 is 9.59 Å². The second-order valence-electron chi connectivity index (χ2n) is 4.23. The predicted molar refractivity (Wildman–Crippen MR) is 68.1 cm³/mol. The van der Waals surface area contributed by atoms with Crippen LogP contribution in [0.15, 0.2) is 41.7 Å². The van der Waals surface area contributed by atoms with Gasteiger partial charge in [-0.15, -0.1) is 0 Å². The topological polar surface area (TPSA) is 49.4 Å². The molecule has 1 N–H and O–H groups in total. The Balaban J connectivity index is 1.97. The van der Waals surface area contributed by atoms with E-state index < -0.39 is 0 Å². The van der Waals surface area contributed by atoms with Gasteiger partial charge in [0.05, 0.1) is 0 Å². The number of nitrogens with one attached hydrogen (secondary N) is 1. The lowest BCUT2D eigenvalue weighted by molar-refractivity contribution is 0.296. The first-order chi connectivity index (χ1) is 8.81. The lowest BCUT2D eigenvalue weighted by Crippen LogP contribution is -2.41. The highest BCUT2D eigenvalue weighted by Crippen LogP contribution is 2.08.